The molecule has 1 aliphatic heterocycles. The highest BCUT2D eigenvalue weighted by atomic mass is 16.6. The molecule has 3 heterocycles. The van der Waals surface area contributed by atoms with Crippen molar-refractivity contribution in [2.45, 2.75) is 63.2 Å². The molecule has 0 bridgehead atoms. The average molecular weight is 363 g/mol. The summed E-state index contributed by atoms with van der Waals surface area (Å²) in [6.45, 7) is 2.00. The highest BCUT2D eigenvalue weighted by Gasteiger charge is 2.45. The highest BCUT2D eigenvalue weighted by molar-refractivity contribution is 5.82. The van der Waals surface area contributed by atoms with Gasteiger partial charge in [-0.3, -0.25) is 4.57 Å². The van der Waals surface area contributed by atoms with E-state index >= 15 is 0 Å². The number of imidazole rings is 1. The van der Waals surface area contributed by atoms with Gasteiger partial charge >= 0.3 is 0 Å². The first-order valence-corrected chi connectivity index (χ1v) is 9.23. The quantitative estimate of drug-likeness (QED) is 0.692. The summed E-state index contributed by atoms with van der Waals surface area (Å²) in [6.07, 6.45) is 5.03. The van der Waals surface area contributed by atoms with Crippen molar-refractivity contribution in [1.29, 1.82) is 0 Å². The number of fused-ring (bicyclic) bond motifs is 1. The average Bonchev–Trinajstić information content (AvgIpc) is 3.36. The van der Waals surface area contributed by atoms with Crippen molar-refractivity contribution >= 4 is 17.0 Å². The van der Waals surface area contributed by atoms with Gasteiger partial charge in [0.25, 0.3) is 0 Å². The van der Waals surface area contributed by atoms with Gasteiger partial charge in [-0.25, -0.2) is 15.0 Å². The lowest BCUT2D eigenvalue weighted by Crippen LogP contribution is -2.35. The van der Waals surface area contributed by atoms with Crippen LogP contribution in [0.15, 0.2) is 12.7 Å². The van der Waals surface area contributed by atoms with Crippen molar-refractivity contribution in [3.8, 4) is 0 Å². The standard InChI is InChI=1S/C17H25N5O4/c1-2-25-14-13(24)11(7-23)26-17(14)22-9-20-12-15(18-8-19-16(12)22)21-10-5-3-4-6-10/h8-11,13-14,17,23-24H,2-7H2,1H3,(H,18,19,21)/t11-,13?,14?,17-/m1/s1. The van der Waals surface area contributed by atoms with Crippen LogP contribution in [0.1, 0.15) is 38.8 Å². The molecule has 0 amide bonds. The van der Waals surface area contributed by atoms with E-state index in [9.17, 15) is 10.2 Å². The van der Waals surface area contributed by atoms with Gasteiger partial charge in [0.15, 0.2) is 23.2 Å². The van der Waals surface area contributed by atoms with Crippen LogP contribution in [0, 0.1) is 0 Å². The Morgan fingerprint density at radius 2 is 2.12 bits per heavy atom. The van der Waals surface area contributed by atoms with Crippen molar-refractivity contribution in [3.05, 3.63) is 12.7 Å². The lowest BCUT2D eigenvalue weighted by Gasteiger charge is -2.21. The van der Waals surface area contributed by atoms with E-state index in [4.69, 9.17) is 9.47 Å². The summed E-state index contributed by atoms with van der Waals surface area (Å²) in [4.78, 5) is 13.2. The van der Waals surface area contributed by atoms with Gasteiger partial charge in [0, 0.05) is 12.6 Å². The van der Waals surface area contributed by atoms with Crippen molar-refractivity contribution in [1.82, 2.24) is 19.5 Å². The molecule has 0 aromatic carbocycles. The molecule has 3 N–H and O–H groups in total. The third-order valence-electron chi connectivity index (χ3n) is 5.18. The first kappa shape index (κ1) is 17.6. The molecule has 9 heteroatoms. The van der Waals surface area contributed by atoms with E-state index in [1.54, 1.807) is 10.9 Å². The van der Waals surface area contributed by atoms with Gasteiger partial charge in [-0.15, -0.1) is 0 Å². The van der Waals surface area contributed by atoms with Crippen molar-refractivity contribution in [2.24, 2.45) is 0 Å². The van der Waals surface area contributed by atoms with E-state index in [1.807, 2.05) is 6.92 Å². The molecule has 0 radical (unpaired) electrons. The van der Waals surface area contributed by atoms with Crippen LogP contribution in [0.4, 0.5) is 5.82 Å². The summed E-state index contributed by atoms with van der Waals surface area (Å²) in [5.41, 5.74) is 1.28. The predicted octanol–water partition coefficient (Wildman–Crippen LogP) is 0.836. The Hall–Kier alpha value is -1.81. The molecule has 1 aliphatic carbocycles. The number of nitrogens with zero attached hydrogens (tertiary/aromatic N) is 4. The third-order valence-corrected chi connectivity index (χ3v) is 5.18. The molecule has 1 saturated heterocycles. The second-order valence-electron chi connectivity index (χ2n) is 6.83. The van der Waals surface area contributed by atoms with Crippen LogP contribution in [0.3, 0.4) is 0 Å². The smallest absolute Gasteiger partial charge is 0.167 e. The minimum Gasteiger partial charge on any atom is -0.394 e. The number of ether oxygens (including phenoxy) is 2. The van der Waals surface area contributed by atoms with Gasteiger partial charge in [-0.05, 0) is 19.8 Å². The second-order valence-corrected chi connectivity index (χ2v) is 6.83. The number of aromatic nitrogens is 4. The Morgan fingerprint density at radius 1 is 1.31 bits per heavy atom. The van der Waals surface area contributed by atoms with E-state index in [0.29, 0.717) is 29.6 Å². The van der Waals surface area contributed by atoms with E-state index in [2.05, 4.69) is 20.3 Å². The van der Waals surface area contributed by atoms with Gasteiger partial charge in [-0.1, -0.05) is 12.8 Å². The Kier molecular flexibility index (Phi) is 5.03. The Labute approximate surface area is 151 Å². The van der Waals surface area contributed by atoms with Crippen LogP contribution in [-0.2, 0) is 9.47 Å². The van der Waals surface area contributed by atoms with Gasteiger partial charge in [0.2, 0.25) is 0 Å². The maximum atomic E-state index is 10.4. The highest BCUT2D eigenvalue weighted by Crippen LogP contribution is 2.34. The summed E-state index contributed by atoms with van der Waals surface area (Å²) in [5.74, 6) is 0.714. The van der Waals surface area contributed by atoms with E-state index in [1.165, 1.54) is 19.2 Å². The molecular weight excluding hydrogens is 338 g/mol. The lowest BCUT2D eigenvalue weighted by molar-refractivity contribution is -0.0676. The van der Waals surface area contributed by atoms with Crippen LogP contribution >= 0.6 is 0 Å². The zero-order chi connectivity index (χ0) is 18.1. The van der Waals surface area contributed by atoms with E-state index in [-0.39, 0.29) is 6.61 Å². The molecule has 2 fully saturated rings. The SMILES string of the molecule is CCOC1C(O)[C@@H](CO)O[C@H]1n1cnc2c(NC3CCCC3)ncnc21. The first-order chi connectivity index (χ1) is 12.7. The van der Waals surface area contributed by atoms with Crippen molar-refractivity contribution < 1.29 is 19.7 Å². The molecule has 9 nitrogen and oxygen atoms in total. The number of aliphatic hydroxyl groups excluding tert-OH is 2. The zero-order valence-electron chi connectivity index (χ0n) is 14.8. The second kappa shape index (κ2) is 7.43. The Morgan fingerprint density at radius 3 is 2.85 bits per heavy atom. The Balaban J connectivity index is 1.66. The predicted molar refractivity (Wildman–Crippen MR) is 93.6 cm³/mol. The normalized spacial score (nSPS) is 29.7. The fraction of sp³-hybridized carbons (Fsp3) is 0.706. The molecule has 2 unspecified atom stereocenters. The molecule has 26 heavy (non-hydrogen) atoms. The summed E-state index contributed by atoms with van der Waals surface area (Å²) in [7, 11) is 0. The van der Waals surface area contributed by atoms with Crippen LogP contribution in [0.2, 0.25) is 0 Å². The number of aliphatic hydroxyl groups is 2. The maximum absolute atomic E-state index is 10.4. The number of hydrogen-bond donors (Lipinski definition) is 3. The number of nitrogens with one attached hydrogen (secondary N) is 1. The summed E-state index contributed by atoms with van der Waals surface area (Å²) in [6, 6.07) is 0.415. The molecule has 142 valence electrons. The number of hydrogen-bond acceptors (Lipinski definition) is 8. The summed E-state index contributed by atoms with van der Waals surface area (Å²) < 4.78 is 13.3. The summed E-state index contributed by atoms with van der Waals surface area (Å²) >= 11 is 0. The molecular formula is C17H25N5O4. The monoisotopic (exact) mass is 363 g/mol. The van der Waals surface area contributed by atoms with Crippen molar-refractivity contribution in [2.75, 3.05) is 18.5 Å². The first-order valence-electron chi connectivity index (χ1n) is 9.23. The minimum absolute atomic E-state index is 0.280. The molecule has 2 aliphatic rings. The molecule has 4 atom stereocenters. The number of anilines is 1. The van der Waals surface area contributed by atoms with E-state index < -0.39 is 24.5 Å². The lowest BCUT2D eigenvalue weighted by atomic mass is 10.1. The molecule has 2 aromatic rings. The summed E-state index contributed by atoms with van der Waals surface area (Å²) in [5, 5.41) is 23.3. The number of rotatable bonds is 6. The molecule has 1 saturated carbocycles. The van der Waals surface area contributed by atoms with Gasteiger partial charge in [0.05, 0.1) is 12.9 Å². The maximum Gasteiger partial charge on any atom is 0.167 e. The van der Waals surface area contributed by atoms with Crippen LogP contribution in [0.25, 0.3) is 11.2 Å². The van der Waals surface area contributed by atoms with Crippen LogP contribution in [-0.4, -0.2) is 67.3 Å². The van der Waals surface area contributed by atoms with Crippen LogP contribution in [0.5, 0.6) is 0 Å². The van der Waals surface area contributed by atoms with Crippen molar-refractivity contribution in [3.63, 3.8) is 0 Å². The van der Waals surface area contributed by atoms with Gasteiger partial charge in [0.1, 0.15) is 24.6 Å². The fourth-order valence-electron chi connectivity index (χ4n) is 3.87. The Bertz CT molecular complexity index is 748. The zero-order valence-corrected chi connectivity index (χ0v) is 14.8. The van der Waals surface area contributed by atoms with Gasteiger partial charge < -0.3 is 25.0 Å². The molecule has 2 aromatic heterocycles. The largest absolute Gasteiger partial charge is 0.394 e. The molecule has 0 spiro atoms. The van der Waals surface area contributed by atoms with Crippen LogP contribution < -0.4 is 5.32 Å². The van der Waals surface area contributed by atoms with Gasteiger partial charge in [-0.2, -0.15) is 0 Å². The third kappa shape index (κ3) is 3.05. The minimum atomic E-state index is -0.916. The van der Waals surface area contributed by atoms with E-state index in [0.717, 1.165) is 12.8 Å². The topological polar surface area (TPSA) is 115 Å². The molecule has 4 rings (SSSR count). The fourth-order valence-corrected chi connectivity index (χ4v) is 3.87.